The first-order valence-electron chi connectivity index (χ1n) is 5.68. The van der Waals surface area contributed by atoms with Crippen LogP contribution >= 0.6 is 0 Å². The number of nitrogens with two attached hydrogens (primary N) is 1. The normalized spacial score (nSPS) is 35.0. The lowest BCUT2D eigenvalue weighted by atomic mass is 9.75. The fraction of sp³-hybridized carbons (Fsp3) is 0.909. The molecule has 2 aliphatic rings. The average Bonchev–Trinajstić information content (AvgIpc) is 2.83. The van der Waals surface area contributed by atoms with Crippen molar-refractivity contribution in [2.75, 3.05) is 0 Å². The topological polar surface area (TPSA) is 55.1 Å². The summed E-state index contributed by atoms with van der Waals surface area (Å²) in [5.41, 5.74) is 5.56. The molecule has 0 heterocycles. The van der Waals surface area contributed by atoms with Gasteiger partial charge in [-0.05, 0) is 19.3 Å². The molecule has 3 heteroatoms. The number of hydrogen-bond donors (Lipinski definition) is 2. The van der Waals surface area contributed by atoms with Gasteiger partial charge in [0.15, 0.2) is 0 Å². The van der Waals surface area contributed by atoms with Crippen LogP contribution in [-0.4, -0.2) is 18.0 Å². The van der Waals surface area contributed by atoms with Crippen LogP contribution in [0.1, 0.15) is 45.4 Å². The van der Waals surface area contributed by atoms with E-state index in [4.69, 9.17) is 5.73 Å². The largest absolute Gasteiger partial charge is 0.351 e. The molecule has 0 aromatic heterocycles. The van der Waals surface area contributed by atoms with Crippen molar-refractivity contribution in [1.29, 1.82) is 0 Å². The van der Waals surface area contributed by atoms with Gasteiger partial charge < -0.3 is 11.1 Å². The zero-order valence-electron chi connectivity index (χ0n) is 8.88. The molecule has 2 aliphatic carbocycles. The minimum absolute atomic E-state index is 0.111. The average molecular weight is 196 g/mol. The summed E-state index contributed by atoms with van der Waals surface area (Å²) in [6.45, 7) is 2.09. The second kappa shape index (κ2) is 3.54. The number of hydrogen-bond acceptors (Lipinski definition) is 2. The highest BCUT2D eigenvalue weighted by Gasteiger charge is 2.40. The van der Waals surface area contributed by atoms with Crippen LogP contribution in [0.25, 0.3) is 0 Å². The van der Waals surface area contributed by atoms with Gasteiger partial charge in [-0.25, -0.2) is 0 Å². The highest BCUT2D eigenvalue weighted by molar-refractivity contribution is 5.83. The van der Waals surface area contributed by atoms with Gasteiger partial charge in [-0.15, -0.1) is 0 Å². The van der Waals surface area contributed by atoms with Gasteiger partial charge in [0.1, 0.15) is 0 Å². The van der Waals surface area contributed by atoms with Gasteiger partial charge in [-0.2, -0.15) is 0 Å². The monoisotopic (exact) mass is 196 g/mol. The van der Waals surface area contributed by atoms with Gasteiger partial charge in [-0.1, -0.05) is 26.2 Å². The molecule has 3 N–H and O–H groups in total. The molecule has 0 radical (unpaired) electrons. The van der Waals surface area contributed by atoms with E-state index >= 15 is 0 Å². The summed E-state index contributed by atoms with van der Waals surface area (Å²) in [4.78, 5) is 11.9. The number of carbonyl (C=O) groups is 1. The Morgan fingerprint density at radius 3 is 2.43 bits per heavy atom. The van der Waals surface area contributed by atoms with Crippen LogP contribution < -0.4 is 11.1 Å². The van der Waals surface area contributed by atoms with E-state index < -0.39 is 0 Å². The first-order chi connectivity index (χ1) is 6.62. The molecule has 2 fully saturated rings. The predicted molar refractivity (Wildman–Crippen MR) is 55.7 cm³/mol. The molecule has 80 valence electrons. The van der Waals surface area contributed by atoms with Crippen molar-refractivity contribution < 1.29 is 4.79 Å². The molecule has 0 aliphatic heterocycles. The van der Waals surface area contributed by atoms with Gasteiger partial charge in [-0.3, -0.25) is 4.79 Å². The predicted octanol–water partition coefficient (Wildman–Crippen LogP) is 1.17. The van der Waals surface area contributed by atoms with Crippen molar-refractivity contribution >= 4 is 5.91 Å². The van der Waals surface area contributed by atoms with Gasteiger partial charge in [0.05, 0.1) is 0 Å². The van der Waals surface area contributed by atoms with Crippen LogP contribution in [0.2, 0.25) is 0 Å². The quantitative estimate of drug-likeness (QED) is 0.696. The summed E-state index contributed by atoms with van der Waals surface area (Å²) in [6.07, 6.45) is 6.72. The maximum Gasteiger partial charge on any atom is 0.226 e. The lowest BCUT2D eigenvalue weighted by molar-refractivity contribution is -0.132. The van der Waals surface area contributed by atoms with Crippen molar-refractivity contribution in [3.63, 3.8) is 0 Å². The Morgan fingerprint density at radius 1 is 1.36 bits per heavy atom. The lowest BCUT2D eigenvalue weighted by Gasteiger charge is -2.32. The van der Waals surface area contributed by atoms with Crippen LogP contribution in [0.4, 0.5) is 0 Å². The third-order valence-electron chi connectivity index (χ3n) is 3.66. The molecule has 0 aromatic rings. The van der Waals surface area contributed by atoms with E-state index in [2.05, 4.69) is 12.2 Å². The van der Waals surface area contributed by atoms with Crippen molar-refractivity contribution in [1.82, 2.24) is 5.32 Å². The fourth-order valence-corrected chi connectivity index (χ4v) is 2.28. The van der Waals surface area contributed by atoms with E-state index in [1.807, 2.05) is 0 Å². The molecule has 14 heavy (non-hydrogen) atoms. The SMILES string of the molecule is CC1(C(=O)NC2CC2N)CCCCC1. The van der Waals surface area contributed by atoms with Crippen LogP contribution in [0.15, 0.2) is 0 Å². The van der Waals surface area contributed by atoms with Crippen molar-refractivity contribution in [3.05, 3.63) is 0 Å². The summed E-state index contributed by atoms with van der Waals surface area (Å²) in [5, 5.41) is 3.05. The van der Waals surface area contributed by atoms with E-state index in [1.165, 1.54) is 19.3 Å². The van der Waals surface area contributed by atoms with Crippen LogP contribution in [0.3, 0.4) is 0 Å². The van der Waals surface area contributed by atoms with Crippen molar-refractivity contribution in [2.24, 2.45) is 11.1 Å². The first-order valence-corrected chi connectivity index (χ1v) is 5.68. The summed E-state index contributed by atoms with van der Waals surface area (Å²) >= 11 is 0. The summed E-state index contributed by atoms with van der Waals surface area (Å²) in [5.74, 6) is 0.232. The minimum atomic E-state index is -0.111. The Labute approximate surface area is 85.4 Å². The van der Waals surface area contributed by atoms with Gasteiger partial charge in [0.25, 0.3) is 0 Å². The lowest BCUT2D eigenvalue weighted by Crippen LogP contribution is -2.42. The maximum atomic E-state index is 11.9. The van der Waals surface area contributed by atoms with Crippen LogP contribution in [-0.2, 0) is 4.79 Å². The highest BCUT2D eigenvalue weighted by atomic mass is 16.2. The smallest absolute Gasteiger partial charge is 0.226 e. The first kappa shape index (κ1) is 9.97. The Morgan fingerprint density at radius 2 is 1.93 bits per heavy atom. The fourth-order valence-electron chi connectivity index (χ4n) is 2.28. The molecule has 0 spiro atoms. The standard InChI is InChI=1S/C11H20N2O/c1-11(5-3-2-4-6-11)10(14)13-9-7-8(9)12/h8-9H,2-7,12H2,1H3,(H,13,14). The maximum absolute atomic E-state index is 11.9. The molecule has 0 saturated heterocycles. The number of nitrogens with one attached hydrogen (secondary N) is 1. The Bertz CT molecular complexity index is 233. The number of amides is 1. The van der Waals surface area contributed by atoms with Crippen LogP contribution in [0.5, 0.6) is 0 Å². The molecular formula is C11H20N2O. The summed E-state index contributed by atoms with van der Waals surface area (Å²) < 4.78 is 0. The summed E-state index contributed by atoms with van der Waals surface area (Å²) in [7, 11) is 0. The molecule has 0 aromatic carbocycles. The van der Waals surface area contributed by atoms with E-state index in [-0.39, 0.29) is 23.4 Å². The Kier molecular flexibility index (Phi) is 2.52. The Hall–Kier alpha value is -0.570. The molecule has 3 nitrogen and oxygen atoms in total. The zero-order chi connectivity index (χ0) is 10.2. The molecule has 2 rings (SSSR count). The summed E-state index contributed by atoms with van der Waals surface area (Å²) in [6, 6.07) is 0.479. The third-order valence-corrected chi connectivity index (χ3v) is 3.66. The van der Waals surface area contributed by atoms with Gasteiger partial charge >= 0.3 is 0 Å². The molecular weight excluding hydrogens is 176 g/mol. The van der Waals surface area contributed by atoms with Gasteiger partial charge in [0, 0.05) is 17.5 Å². The third kappa shape index (κ3) is 1.92. The van der Waals surface area contributed by atoms with E-state index in [0.29, 0.717) is 0 Å². The molecule has 0 bridgehead atoms. The van der Waals surface area contributed by atoms with Crippen LogP contribution in [0, 0.1) is 5.41 Å². The van der Waals surface area contributed by atoms with E-state index in [0.717, 1.165) is 19.3 Å². The highest BCUT2D eigenvalue weighted by Crippen LogP contribution is 2.36. The molecule has 2 saturated carbocycles. The van der Waals surface area contributed by atoms with E-state index in [1.54, 1.807) is 0 Å². The second-order valence-electron chi connectivity index (χ2n) is 5.10. The molecule has 2 unspecified atom stereocenters. The second-order valence-corrected chi connectivity index (χ2v) is 5.10. The zero-order valence-corrected chi connectivity index (χ0v) is 8.88. The van der Waals surface area contributed by atoms with Crippen molar-refractivity contribution in [2.45, 2.75) is 57.5 Å². The van der Waals surface area contributed by atoms with E-state index in [9.17, 15) is 4.79 Å². The molecule has 1 amide bonds. The van der Waals surface area contributed by atoms with Gasteiger partial charge in [0.2, 0.25) is 5.91 Å². The Balaban J connectivity index is 1.88. The van der Waals surface area contributed by atoms with Crippen molar-refractivity contribution in [3.8, 4) is 0 Å². The number of carbonyl (C=O) groups excluding carboxylic acids is 1. The minimum Gasteiger partial charge on any atom is -0.351 e. The molecule has 2 atom stereocenters. The number of rotatable bonds is 2.